The Kier molecular flexibility index (Phi) is 4.27. The molecule has 1 aromatic carbocycles. The van der Waals surface area contributed by atoms with Crippen LogP contribution in [0.4, 0.5) is 4.39 Å². The van der Waals surface area contributed by atoms with E-state index in [9.17, 15) is 9.50 Å². The summed E-state index contributed by atoms with van der Waals surface area (Å²) in [4.78, 5) is 2.24. The molecule has 5 heteroatoms. The van der Waals surface area contributed by atoms with Gasteiger partial charge in [0, 0.05) is 31.4 Å². The minimum absolute atomic E-state index is 0.117. The number of halogens is 1. The Morgan fingerprint density at radius 3 is 2.68 bits per heavy atom. The number of rotatable bonds is 4. The minimum atomic E-state index is -0.342. The molecule has 118 valence electrons. The van der Waals surface area contributed by atoms with Gasteiger partial charge in [-0.3, -0.25) is 9.58 Å². The predicted molar refractivity (Wildman–Crippen MR) is 82.8 cm³/mol. The van der Waals surface area contributed by atoms with E-state index in [-0.39, 0.29) is 18.0 Å². The first-order valence-corrected chi connectivity index (χ1v) is 7.74. The summed E-state index contributed by atoms with van der Waals surface area (Å²) in [6, 6.07) is 9.03. The first-order valence-electron chi connectivity index (χ1n) is 7.74. The largest absolute Gasteiger partial charge is 0.392 e. The monoisotopic (exact) mass is 303 g/mol. The molecule has 4 nitrogen and oxygen atoms in total. The molecule has 1 N–H and O–H groups in total. The van der Waals surface area contributed by atoms with E-state index in [0.717, 1.165) is 17.8 Å². The van der Waals surface area contributed by atoms with E-state index in [1.807, 2.05) is 29.1 Å². The summed E-state index contributed by atoms with van der Waals surface area (Å²) in [5.74, 6) is -0.230. The van der Waals surface area contributed by atoms with Crippen molar-refractivity contribution >= 4 is 0 Å². The van der Waals surface area contributed by atoms with E-state index in [4.69, 9.17) is 0 Å². The molecule has 0 radical (unpaired) electrons. The molecule has 0 amide bonds. The van der Waals surface area contributed by atoms with Crippen molar-refractivity contribution in [1.29, 1.82) is 0 Å². The second-order valence-electron chi connectivity index (χ2n) is 6.25. The minimum Gasteiger partial charge on any atom is -0.392 e. The number of hydrogen-bond acceptors (Lipinski definition) is 3. The summed E-state index contributed by atoms with van der Waals surface area (Å²) in [5.41, 5.74) is 2.18. The highest BCUT2D eigenvalue weighted by molar-refractivity contribution is 5.22. The number of aliphatic hydroxyl groups is 1. The maximum Gasteiger partial charge on any atom is 0.123 e. The molecule has 1 aliphatic heterocycles. The second kappa shape index (κ2) is 6.18. The van der Waals surface area contributed by atoms with Crippen molar-refractivity contribution in [2.45, 2.75) is 45.0 Å². The van der Waals surface area contributed by atoms with Gasteiger partial charge in [0.2, 0.25) is 0 Å². The maximum absolute atomic E-state index is 13.1. The van der Waals surface area contributed by atoms with Crippen LogP contribution in [0.3, 0.4) is 0 Å². The van der Waals surface area contributed by atoms with Crippen molar-refractivity contribution in [3.8, 4) is 0 Å². The molecule has 1 aliphatic rings. The zero-order valence-corrected chi connectivity index (χ0v) is 13.0. The van der Waals surface area contributed by atoms with Gasteiger partial charge < -0.3 is 5.11 Å². The normalized spacial score (nSPS) is 22.6. The van der Waals surface area contributed by atoms with Crippen molar-refractivity contribution in [3.63, 3.8) is 0 Å². The predicted octanol–water partition coefficient (Wildman–Crippen LogP) is 2.91. The van der Waals surface area contributed by atoms with Gasteiger partial charge in [-0.1, -0.05) is 12.1 Å². The zero-order valence-electron chi connectivity index (χ0n) is 13.0. The van der Waals surface area contributed by atoms with Crippen LogP contribution >= 0.6 is 0 Å². The van der Waals surface area contributed by atoms with Crippen LogP contribution < -0.4 is 0 Å². The first kappa shape index (κ1) is 15.2. The Balaban J connectivity index is 1.81. The van der Waals surface area contributed by atoms with E-state index in [2.05, 4.69) is 23.8 Å². The topological polar surface area (TPSA) is 41.3 Å². The van der Waals surface area contributed by atoms with Gasteiger partial charge in [0.25, 0.3) is 0 Å². The molecule has 1 saturated heterocycles. The van der Waals surface area contributed by atoms with Gasteiger partial charge in [-0.15, -0.1) is 0 Å². The number of hydrogen-bond donors (Lipinski definition) is 1. The number of aromatic nitrogens is 2. The molecule has 0 unspecified atom stereocenters. The molecule has 2 aromatic rings. The number of likely N-dealkylation sites (tertiary alicyclic amines) is 1. The van der Waals surface area contributed by atoms with E-state index in [1.165, 1.54) is 12.1 Å². The summed E-state index contributed by atoms with van der Waals surface area (Å²) in [6.07, 6.45) is 2.15. The summed E-state index contributed by atoms with van der Waals surface area (Å²) in [6.45, 7) is 5.57. The molecule has 0 aliphatic carbocycles. The van der Waals surface area contributed by atoms with Gasteiger partial charge in [-0.25, -0.2) is 4.39 Å². The third kappa shape index (κ3) is 3.05. The SMILES string of the molecule is CC(C)n1nccc1CN1C[C@@H](O)C[C@@H]1c1ccc(F)cc1. The van der Waals surface area contributed by atoms with Gasteiger partial charge >= 0.3 is 0 Å². The van der Waals surface area contributed by atoms with E-state index < -0.39 is 0 Å². The molecule has 1 aromatic heterocycles. The number of nitrogens with zero attached hydrogens (tertiary/aromatic N) is 3. The quantitative estimate of drug-likeness (QED) is 0.944. The maximum atomic E-state index is 13.1. The fraction of sp³-hybridized carbons (Fsp3) is 0.471. The van der Waals surface area contributed by atoms with Crippen molar-refractivity contribution in [2.75, 3.05) is 6.54 Å². The Labute approximate surface area is 130 Å². The lowest BCUT2D eigenvalue weighted by Gasteiger charge is -2.25. The third-order valence-corrected chi connectivity index (χ3v) is 4.24. The Morgan fingerprint density at radius 1 is 1.27 bits per heavy atom. The molecule has 0 spiro atoms. The average Bonchev–Trinajstić information content (AvgIpc) is 3.07. The molecular formula is C17H22FN3O. The Hall–Kier alpha value is -1.72. The van der Waals surface area contributed by atoms with Crippen LogP contribution in [0.15, 0.2) is 36.5 Å². The van der Waals surface area contributed by atoms with E-state index in [0.29, 0.717) is 19.0 Å². The Morgan fingerprint density at radius 2 is 2.00 bits per heavy atom. The van der Waals surface area contributed by atoms with Crippen LogP contribution in [0.1, 0.15) is 43.6 Å². The molecule has 1 fully saturated rings. The second-order valence-corrected chi connectivity index (χ2v) is 6.25. The lowest BCUT2D eigenvalue weighted by atomic mass is 10.0. The van der Waals surface area contributed by atoms with Crippen LogP contribution in [-0.4, -0.2) is 32.4 Å². The first-order chi connectivity index (χ1) is 10.5. The molecule has 2 heterocycles. The van der Waals surface area contributed by atoms with Gasteiger partial charge in [0.15, 0.2) is 0 Å². The zero-order chi connectivity index (χ0) is 15.7. The standard InChI is InChI=1S/C17H22FN3O/c1-12(2)21-15(7-8-19-21)10-20-11-16(22)9-17(20)13-3-5-14(18)6-4-13/h3-8,12,16-17,22H,9-11H2,1-2H3/t16-,17+/m0/s1. The molecule has 0 bridgehead atoms. The number of aliphatic hydroxyl groups excluding tert-OH is 1. The Bertz CT molecular complexity index is 623. The molecule has 0 saturated carbocycles. The summed E-state index contributed by atoms with van der Waals surface area (Å²) >= 11 is 0. The third-order valence-electron chi connectivity index (χ3n) is 4.24. The lowest BCUT2D eigenvalue weighted by Crippen LogP contribution is -2.26. The van der Waals surface area contributed by atoms with Gasteiger partial charge in [0.1, 0.15) is 5.82 Å². The summed E-state index contributed by atoms with van der Waals surface area (Å²) in [7, 11) is 0. The summed E-state index contributed by atoms with van der Waals surface area (Å²) in [5, 5.41) is 14.4. The molecule has 3 rings (SSSR count). The number of β-amino-alcohol motifs (C(OH)–C–C–N with tert-alkyl or cyclic N) is 1. The van der Waals surface area contributed by atoms with Crippen LogP contribution in [-0.2, 0) is 6.54 Å². The van der Waals surface area contributed by atoms with E-state index >= 15 is 0 Å². The van der Waals surface area contributed by atoms with Crippen LogP contribution in [0, 0.1) is 5.82 Å². The molecule has 2 atom stereocenters. The van der Waals surface area contributed by atoms with E-state index in [1.54, 1.807) is 0 Å². The molecular weight excluding hydrogens is 281 g/mol. The van der Waals surface area contributed by atoms with Crippen molar-refractivity contribution in [2.24, 2.45) is 0 Å². The van der Waals surface area contributed by atoms with Crippen molar-refractivity contribution in [3.05, 3.63) is 53.6 Å². The van der Waals surface area contributed by atoms with Gasteiger partial charge in [0.05, 0.1) is 11.8 Å². The van der Waals surface area contributed by atoms with Crippen molar-refractivity contribution in [1.82, 2.24) is 14.7 Å². The highest BCUT2D eigenvalue weighted by atomic mass is 19.1. The smallest absolute Gasteiger partial charge is 0.123 e. The molecule has 22 heavy (non-hydrogen) atoms. The fourth-order valence-electron chi connectivity index (χ4n) is 3.23. The number of benzene rings is 1. The van der Waals surface area contributed by atoms with Crippen molar-refractivity contribution < 1.29 is 9.50 Å². The highest BCUT2D eigenvalue weighted by Crippen LogP contribution is 2.33. The average molecular weight is 303 g/mol. The van der Waals surface area contributed by atoms with Crippen LogP contribution in [0.25, 0.3) is 0 Å². The summed E-state index contributed by atoms with van der Waals surface area (Å²) < 4.78 is 15.1. The lowest BCUT2D eigenvalue weighted by molar-refractivity contribution is 0.171. The van der Waals surface area contributed by atoms with Crippen LogP contribution in [0.2, 0.25) is 0 Å². The highest BCUT2D eigenvalue weighted by Gasteiger charge is 2.32. The van der Waals surface area contributed by atoms with Gasteiger partial charge in [-0.05, 0) is 44.0 Å². The fourth-order valence-corrected chi connectivity index (χ4v) is 3.23. The van der Waals surface area contributed by atoms with Crippen LogP contribution in [0.5, 0.6) is 0 Å². The van der Waals surface area contributed by atoms with Gasteiger partial charge in [-0.2, -0.15) is 5.10 Å².